The van der Waals surface area contributed by atoms with Gasteiger partial charge in [-0.2, -0.15) is 0 Å². The number of carbonyl (C=O) groups is 1. The number of alkyl halides is 1. The molecule has 4 rings (SSSR count). The first-order chi connectivity index (χ1) is 11.9. The predicted molar refractivity (Wildman–Crippen MR) is 86.4 cm³/mol. The van der Waals surface area contributed by atoms with Gasteiger partial charge in [-0.3, -0.25) is 4.79 Å². The van der Waals surface area contributed by atoms with Crippen LogP contribution in [-0.2, 0) is 14.6 Å². The molecule has 1 amide bonds. The molecule has 0 bridgehead atoms. The SMILES string of the molecule is O=C(C1CC(F)C1)N1CC2(C1)C(COc1ncccn1)CCS2(=O)=O. The van der Waals surface area contributed by atoms with Gasteiger partial charge in [-0.05, 0) is 25.3 Å². The summed E-state index contributed by atoms with van der Waals surface area (Å²) in [5.41, 5.74) is 0. The molecule has 2 saturated heterocycles. The Labute approximate surface area is 145 Å². The maximum absolute atomic E-state index is 13.0. The highest BCUT2D eigenvalue weighted by Gasteiger charge is 2.63. The lowest BCUT2D eigenvalue weighted by Gasteiger charge is -2.51. The second-order valence-electron chi connectivity index (χ2n) is 7.17. The molecule has 1 aliphatic carbocycles. The van der Waals surface area contributed by atoms with Crippen LogP contribution in [-0.4, -0.2) is 65.6 Å². The number of amides is 1. The molecule has 1 spiro atoms. The molecule has 1 atom stereocenters. The van der Waals surface area contributed by atoms with Gasteiger partial charge >= 0.3 is 6.01 Å². The number of hydrogen-bond acceptors (Lipinski definition) is 6. The van der Waals surface area contributed by atoms with Crippen LogP contribution in [0.25, 0.3) is 0 Å². The molecule has 1 aromatic heterocycles. The van der Waals surface area contributed by atoms with E-state index < -0.39 is 20.8 Å². The van der Waals surface area contributed by atoms with Crippen LogP contribution in [0.4, 0.5) is 4.39 Å². The topological polar surface area (TPSA) is 89.5 Å². The van der Waals surface area contributed by atoms with Crippen LogP contribution in [0.5, 0.6) is 6.01 Å². The predicted octanol–water partition coefficient (Wildman–Crippen LogP) is 0.619. The van der Waals surface area contributed by atoms with Crippen molar-refractivity contribution in [3.8, 4) is 6.01 Å². The molecule has 3 fully saturated rings. The Morgan fingerprint density at radius 2 is 2.00 bits per heavy atom. The van der Waals surface area contributed by atoms with Crippen LogP contribution in [0, 0.1) is 11.8 Å². The van der Waals surface area contributed by atoms with E-state index in [4.69, 9.17) is 4.74 Å². The van der Waals surface area contributed by atoms with Crippen molar-refractivity contribution in [2.45, 2.75) is 30.2 Å². The zero-order valence-corrected chi connectivity index (χ0v) is 14.5. The highest BCUT2D eigenvalue weighted by Crippen LogP contribution is 2.46. The maximum atomic E-state index is 13.0. The van der Waals surface area contributed by atoms with Crippen molar-refractivity contribution in [1.82, 2.24) is 14.9 Å². The average molecular weight is 369 g/mol. The lowest BCUT2D eigenvalue weighted by Crippen LogP contribution is -2.70. The molecule has 1 saturated carbocycles. The lowest BCUT2D eigenvalue weighted by atomic mass is 9.79. The van der Waals surface area contributed by atoms with Crippen molar-refractivity contribution in [2.75, 3.05) is 25.4 Å². The van der Waals surface area contributed by atoms with Gasteiger partial charge in [0.1, 0.15) is 10.9 Å². The van der Waals surface area contributed by atoms with E-state index in [0.29, 0.717) is 6.42 Å². The molecule has 0 N–H and O–H groups in total. The summed E-state index contributed by atoms with van der Waals surface area (Å²) in [5.74, 6) is -0.494. The number of sulfone groups is 1. The quantitative estimate of drug-likeness (QED) is 0.773. The zero-order chi connectivity index (χ0) is 17.7. The van der Waals surface area contributed by atoms with E-state index in [9.17, 15) is 17.6 Å². The Hall–Kier alpha value is -1.77. The van der Waals surface area contributed by atoms with Crippen LogP contribution in [0.15, 0.2) is 18.5 Å². The van der Waals surface area contributed by atoms with Crippen molar-refractivity contribution in [3.05, 3.63) is 18.5 Å². The molecular weight excluding hydrogens is 349 g/mol. The Morgan fingerprint density at radius 3 is 2.64 bits per heavy atom. The molecule has 25 heavy (non-hydrogen) atoms. The second kappa shape index (κ2) is 5.89. The van der Waals surface area contributed by atoms with Crippen LogP contribution in [0.3, 0.4) is 0 Å². The first kappa shape index (κ1) is 16.7. The summed E-state index contributed by atoms with van der Waals surface area (Å²) in [5, 5.41) is 0. The number of halogens is 1. The molecular formula is C16H20FN3O4S. The fourth-order valence-corrected chi connectivity index (χ4v) is 6.41. The molecule has 0 radical (unpaired) electrons. The standard InChI is InChI=1S/C16H20FN3O4S/c17-13-6-11(7-13)14(21)20-9-16(10-20)12(2-5-25(16,22)23)8-24-15-18-3-1-4-19-15/h1,3-4,11-13H,2,5-10H2. The van der Waals surface area contributed by atoms with Crippen molar-refractivity contribution in [1.29, 1.82) is 0 Å². The third kappa shape index (κ3) is 2.68. The first-order valence-electron chi connectivity index (χ1n) is 8.46. The fourth-order valence-electron chi connectivity index (χ4n) is 4.01. The minimum absolute atomic E-state index is 0.106. The van der Waals surface area contributed by atoms with Crippen molar-refractivity contribution >= 4 is 15.7 Å². The molecule has 0 aromatic carbocycles. The Balaban J connectivity index is 1.42. The Morgan fingerprint density at radius 1 is 1.32 bits per heavy atom. The van der Waals surface area contributed by atoms with E-state index in [1.165, 1.54) is 0 Å². The molecule has 3 aliphatic rings. The van der Waals surface area contributed by atoms with Crippen molar-refractivity contribution < 1.29 is 22.3 Å². The normalized spacial score (nSPS) is 32.0. The fraction of sp³-hybridized carbons (Fsp3) is 0.688. The van der Waals surface area contributed by atoms with Crippen LogP contribution in [0.2, 0.25) is 0 Å². The van der Waals surface area contributed by atoms with Gasteiger partial charge in [0.25, 0.3) is 0 Å². The third-order valence-corrected chi connectivity index (χ3v) is 8.32. The summed E-state index contributed by atoms with van der Waals surface area (Å²) in [4.78, 5) is 21.8. The van der Waals surface area contributed by atoms with Gasteiger partial charge in [0.05, 0.1) is 12.4 Å². The number of carbonyl (C=O) groups excluding carboxylic acids is 1. The average Bonchev–Trinajstić information content (AvgIpc) is 2.79. The molecule has 1 unspecified atom stereocenters. The van der Waals surface area contributed by atoms with E-state index in [2.05, 4.69) is 9.97 Å². The number of hydrogen-bond donors (Lipinski definition) is 0. The van der Waals surface area contributed by atoms with Gasteiger partial charge in [0.2, 0.25) is 5.91 Å². The summed E-state index contributed by atoms with van der Waals surface area (Å²) < 4.78 is 42.7. The van der Waals surface area contributed by atoms with E-state index in [1.807, 2.05) is 0 Å². The second-order valence-corrected chi connectivity index (χ2v) is 9.62. The van der Waals surface area contributed by atoms with Gasteiger partial charge in [-0.15, -0.1) is 0 Å². The minimum atomic E-state index is -3.28. The zero-order valence-electron chi connectivity index (χ0n) is 13.7. The summed E-state index contributed by atoms with van der Waals surface area (Å²) >= 11 is 0. The number of aromatic nitrogens is 2. The molecule has 9 heteroatoms. The molecule has 3 heterocycles. The summed E-state index contributed by atoms with van der Waals surface area (Å²) in [6.07, 6.45) is 3.24. The summed E-state index contributed by atoms with van der Waals surface area (Å²) in [7, 11) is -3.28. The van der Waals surface area contributed by atoms with Gasteiger partial charge in [0.15, 0.2) is 9.84 Å². The van der Waals surface area contributed by atoms with Crippen LogP contribution < -0.4 is 4.74 Å². The molecule has 136 valence electrons. The minimum Gasteiger partial charge on any atom is -0.463 e. The Kier molecular flexibility index (Phi) is 3.93. The number of ether oxygens (including phenoxy) is 1. The third-order valence-electron chi connectivity index (χ3n) is 5.71. The highest BCUT2D eigenvalue weighted by molar-refractivity contribution is 7.93. The van der Waals surface area contributed by atoms with Crippen molar-refractivity contribution in [2.24, 2.45) is 11.8 Å². The van der Waals surface area contributed by atoms with Gasteiger partial charge in [0, 0.05) is 37.3 Å². The molecule has 2 aliphatic heterocycles. The molecule has 7 nitrogen and oxygen atoms in total. The first-order valence-corrected chi connectivity index (χ1v) is 10.1. The van der Waals surface area contributed by atoms with Crippen LogP contribution >= 0.6 is 0 Å². The summed E-state index contributed by atoms with van der Waals surface area (Å²) in [6, 6.07) is 1.89. The van der Waals surface area contributed by atoms with Crippen LogP contribution in [0.1, 0.15) is 19.3 Å². The van der Waals surface area contributed by atoms with E-state index in [0.717, 1.165) is 0 Å². The largest absolute Gasteiger partial charge is 0.463 e. The van der Waals surface area contributed by atoms with E-state index >= 15 is 0 Å². The number of rotatable bonds is 4. The van der Waals surface area contributed by atoms with Gasteiger partial charge < -0.3 is 9.64 Å². The lowest BCUT2D eigenvalue weighted by molar-refractivity contribution is -0.147. The summed E-state index contributed by atoms with van der Waals surface area (Å²) in [6.45, 7) is 0.581. The van der Waals surface area contributed by atoms with Crippen molar-refractivity contribution in [3.63, 3.8) is 0 Å². The molecule has 1 aromatic rings. The Bertz CT molecular complexity index is 761. The smallest absolute Gasteiger partial charge is 0.316 e. The highest BCUT2D eigenvalue weighted by atomic mass is 32.2. The number of likely N-dealkylation sites (tertiary alicyclic amines) is 1. The monoisotopic (exact) mass is 369 g/mol. The maximum Gasteiger partial charge on any atom is 0.316 e. The van der Waals surface area contributed by atoms with E-state index in [-0.39, 0.29) is 62.0 Å². The van der Waals surface area contributed by atoms with Gasteiger partial charge in [-0.25, -0.2) is 22.8 Å². The van der Waals surface area contributed by atoms with E-state index in [1.54, 1.807) is 23.4 Å². The number of nitrogens with zero attached hydrogens (tertiary/aromatic N) is 3. The van der Waals surface area contributed by atoms with Gasteiger partial charge in [-0.1, -0.05) is 0 Å².